The number of halogens is 1. The Bertz CT molecular complexity index is 396. The fraction of sp³-hybridized carbons (Fsp3) is 0.417. The van der Waals surface area contributed by atoms with Crippen molar-refractivity contribution in [3.63, 3.8) is 0 Å². The fourth-order valence-electron chi connectivity index (χ4n) is 1.44. The van der Waals surface area contributed by atoms with Gasteiger partial charge in [0.15, 0.2) is 0 Å². The van der Waals surface area contributed by atoms with Gasteiger partial charge in [0.05, 0.1) is 22.9 Å². The lowest BCUT2D eigenvalue weighted by molar-refractivity contribution is 0.0935. The van der Waals surface area contributed by atoms with E-state index in [1.54, 1.807) is 25.3 Å². The molecule has 17 heavy (non-hydrogen) atoms. The van der Waals surface area contributed by atoms with Crippen molar-refractivity contribution in [1.82, 2.24) is 5.32 Å². The van der Waals surface area contributed by atoms with Crippen molar-refractivity contribution in [1.29, 1.82) is 0 Å². The minimum absolute atomic E-state index is 0.215. The number of carbonyl (C=O) groups is 1. The zero-order valence-electron chi connectivity index (χ0n) is 10.00. The smallest absolute Gasteiger partial charge is 0.253 e. The molecule has 0 saturated carbocycles. The minimum Gasteiger partial charge on any atom is -0.397 e. The van der Waals surface area contributed by atoms with Crippen LogP contribution in [0.5, 0.6) is 0 Å². The van der Waals surface area contributed by atoms with E-state index in [2.05, 4.69) is 5.32 Å². The molecule has 0 aliphatic heterocycles. The Morgan fingerprint density at radius 2 is 2.29 bits per heavy atom. The highest BCUT2D eigenvalue weighted by molar-refractivity contribution is 6.33. The number of nitrogen functional groups attached to an aromatic ring is 1. The lowest BCUT2D eigenvalue weighted by Gasteiger charge is -2.12. The number of ether oxygens (including phenoxy) is 1. The zero-order chi connectivity index (χ0) is 12.8. The number of anilines is 1. The molecule has 5 heteroatoms. The van der Waals surface area contributed by atoms with E-state index in [0.717, 1.165) is 0 Å². The van der Waals surface area contributed by atoms with Crippen LogP contribution in [0.25, 0.3) is 0 Å². The van der Waals surface area contributed by atoms with Gasteiger partial charge in [-0.05, 0) is 18.1 Å². The Kier molecular flexibility index (Phi) is 5.25. The summed E-state index contributed by atoms with van der Waals surface area (Å²) in [5, 5.41) is 3.19. The number of para-hydroxylation sites is 1. The number of benzene rings is 1. The molecule has 1 aromatic rings. The molecule has 1 amide bonds. The zero-order valence-corrected chi connectivity index (χ0v) is 10.8. The van der Waals surface area contributed by atoms with E-state index in [1.165, 1.54) is 0 Å². The van der Waals surface area contributed by atoms with Gasteiger partial charge >= 0.3 is 0 Å². The van der Waals surface area contributed by atoms with Gasteiger partial charge in [-0.2, -0.15) is 0 Å². The Hall–Kier alpha value is -1.26. The summed E-state index contributed by atoms with van der Waals surface area (Å²) in [5.41, 5.74) is 6.45. The molecule has 1 atom stereocenters. The first-order valence-corrected chi connectivity index (χ1v) is 5.75. The largest absolute Gasteiger partial charge is 0.397 e. The van der Waals surface area contributed by atoms with E-state index in [-0.39, 0.29) is 11.8 Å². The van der Waals surface area contributed by atoms with Gasteiger partial charge in [-0.15, -0.1) is 0 Å². The summed E-state index contributed by atoms with van der Waals surface area (Å²) in [6.45, 7) is 3.13. The molecule has 1 unspecified atom stereocenters. The van der Waals surface area contributed by atoms with Gasteiger partial charge in [0.2, 0.25) is 0 Å². The standard InChI is InChI=1S/C12H17ClN2O2/c1-8(7-17-2)6-15-12(16)9-4-3-5-10(13)11(9)14/h3-5,8H,6-7,14H2,1-2H3,(H,15,16). The van der Waals surface area contributed by atoms with Crippen LogP contribution in [0.15, 0.2) is 18.2 Å². The van der Waals surface area contributed by atoms with E-state index in [9.17, 15) is 4.79 Å². The van der Waals surface area contributed by atoms with Gasteiger partial charge < -0.3 is 15.8 Å². The summed E-state index contributed by atoms with van der Waals surface area (Å²) < 4.78 is 4.99. The number of methoxy groups -OCH3 is 1. The van der Waals surface area contributed by atoms with Gasteiger partial charge in [0.1, 0.15) is 0 Å². The van der Waals surface area contributed by atoms with Crippen molar-refractivity contribution >= 4 is 23.2 Å². The summed E-state index contributed by atoms with van der Waals surface area (Å²) in [7, 11) is 1.63. The summed E-state index contributed by atoms with van der Waals surface area (Å²) in [5.74, 6) is 0.0392. The average molecular weight is 257 g/mol. The highest BCUT2D eigenvalue weighted by Crippen LogP contribution is 2.22. The van der Waals surface area contributed by atoms with Gasteiger partial charge in [-0.3, -0.25) is 4.79 Å². The SMILES string of the molecule is COCC(C)CNC(=O)c1cccc(Cl)c1N. The molecule has 0 bridgehead atoms. The Labute approximate surface area is 106 Å². The van der Waals surface area contributed by atoms with Gasteiger partial charge in [-0.25, -0.2) is 0 Å². The fourth-order valence-corrected chi connectivity index (χ4v) is 1.62. The second kappa shape index (κ2) is 6.47. The predicted octanol–water partition coefficient (Wildman–Crippen LogP) is 1.93. The summed E-state index contributed by atoms with van der Waals surface area (Å²) in [6.07, 6.45) is 0. The lowest BCUT2D eigenvalue weighted by atomic mass is 10.1. The minimum atomic E-state index is -0.215. The molecule has 0 aliphatic rings. The van der Waals surface area contributed by atoms with Crippen LogP contribution in [0, 0.1) is 5.92 Å². The number of hydrogen-bond donors (Lipinski definition) is 2. The number of amides is 1. The average Bonchev–Trinajstić information content (AvgIpc) is 2.30. The topological polar surface area (TPSA) is 64.3 Å². The molecule has 0 spiro atoms. The molecule has 0 radical (unpaired) electrons. The van der Waals surface area contributed by atoms with Gasteiger partial charge in [0, 0.05) is 13.7 Å². The summed E-state index contributed by atoms with van der Waals surface area (Å²) in [6, 6.07) is 5.00. The lowest BCUT2D eigenvalue weighted by Crippen LogP contribution is -2.30. The second-order valence-corrected chi connectivity index (χ2v) is 4.38. The van der Waals surface area contributed by atoms with Crippen molar-refractivity contribution < 1.29 is 9.53 Å². The van der Waals surface area contributed by atoms with E-state index in [1.807, 2.05) is 6.92 Å². The number of hydrogen-bond acceptors (Lipinski definition) is 3. The first kappa shape index (κ1) is 13.8. The van der Waals surface area contributed by atoms with E-state index < -0.39 is 0 Å². The Morgan fingerprint density at radius 3 is 2.94 bits per heavy atom. The van der Waals surface area contributed by atoms with Crippen LogP contribution in [0.2, 0.25) is 5.02 Å². The molecule has 1 rings (SSSR count). The monoisotopic (exact) mass is 256 g/mol. The molecule has 4 nitrogen and oxygen atoms in total. The molecule has 0 saturated heterocycles. The number of nitrogens with one attached hydrogen (secondary N) is 1. The van der Waals surface area contributed by atoms with Gasteiger partial charge in [-0.1, -0.05) is 24.6 Å². The van der Waals surface area contributed by atoms with E-state index in [0.29, 0.717) is 29.4 Å². The van der Waals surface area contributed by atoms with Crippen molar-refractivity contribution in [3.05, 3.63) is 28.8 Å². The van der Waals surface area contributed by atoms with Crippen LogP contribution in [0.3, 0.4) is 0 Å². The van der Waals surface area contributed by atoms with Crippen LogP contribution in [-0.4, -0.2) is 26.2 Å². The third-order valence-corrected chi connectivity index (χ3v) is 2.69. The molecular formula is C12H17ClN2O2. The first-order valence-electron chi connectivity index (χ1n) is 5.37. The van der Waals surface area contributed by atoms with E-state index >= 15 is 0 Å². The van der Waals surface area contributed by atoms with Crippen LogP contribution in [0.4, 0.5) is 5.69 Å². The second-order valence-electron chi connectivity index (χ2n) is 3.97. The maximum atomic E-state index is 11.8. The van der Waals surface area contributed by atoms with Crippen LogP contribution in [0.1, 0.15) is 17.3 Å². The van der Waals surface area contributed by atoms with Crippen molar-refractivity contribution in [2.75, 3.05) is 26.0 Å². The van der Waals surface area contributed by atoms with Crippen molar-refractivity contribution in [2.45, 2.75) is 6.92 Å². The first-order chi connectivity index (χ1) is 8.06. The third-order valence-electron chi connectivity index (χ3n) is 2.36. The molecule has 0 aliphatic carbocycles. The number of carbonyl (C=O) groups excluding carboxylic acids is 1. The highest BCUT2D eigenvalue weighted by atomic mass is 35.5. The van der Waals surface area contributed by atoms with E-state index in [4.69, 9.17) is 22.1 Å². The molecule has 3 N–H and O–H groups in total. The van der Waals surface area contributed by atoms with Gasteiger partial charge in [0.25, 0.3) is 5.91 Å². The molecule has 1 aromatic carbocycles. The quantitative estimate of drug-likeness (QED) is 0.792. The van der Waals surface area contributed by atoms with Crippen molar-refractivity contribution in [3.8, 4) is 0 Å². The summed E-state index contributed by atoms with van der Waals surface area (Å²) in [4.78, 5) is 11.8. The molecule has 0 heterocycles. The van der Waals surface area contributed by atoms with Crippen LogP contribution >= 0.6 is 11.6 Å². The normalized spacial score (nSPS) is 12.2. The summed E-state index contributed by atoms with van der Waals surface area (Å²) >= 11 is 5.85. The van der Waals surface area contributed by atoms with Crippen LogP contribution in [-0.2, 0) is 4.74 Å². The van der Waals surface area contributed by atoms with Crippen LogP contribution < -0.4 is 11.1 Å². The maximum Gasteiger partial charge on any atom is 0.253 e. The number of nitrogens with two attached hydrogens (primary N) is 1. The Morgan fingerprint density at radius 1 is 1.59 bits per heavy atom. The molecular weight excluding hydrogens is 240 g/mol. The van der Waals surface area contributed by atoms with Crippen molar-refractivity contribution in [2.24, 2.45) is 5.92 Å². The molecule has 94 valence electrons. The number of rotatable bonds is 5. The highest BCUT2D eigenvalue weighted by Gasteiger charge is 2.12. The maximum absolute atomic E-state index is 11.8. The third kappa shape index (κ3) is 3.91. The molecule has 0 fully saturated rings. The predicted molar refractivity (Wildman–Crippen MR) is 69.2 cm³/mol. The Balaban J connectivity index is 2.61. The molecule has 0 aromatic heterocycles.